The molecule has 3 rings (SSSR count). The maximum Gasteiger partial charge on any atom is 0.251 e. The summed E-state index contributed by atoms with van der Waals surface area (Å²) in [6.07, 6.45) is 11.5. The van der Waals surface area contributed by atoms with Crippen LogP contribution >= 0.6 is 0 Å². The molecule has 1 aliphatic rings. The van der Waals surface area contributed by atoms with Crippen LogP contribution < -0.4 is 5.73 Å². The van der Waals surface area contributed by atoms with Crippen molar-refractivity contribution in [3.63, 3.8) is 0 Å². The van der Waals surface area contributed by atoms with Crippen LogP contribution in [0.3, 0.4) is 0 Å². The van der Waals surface area contributed by atoms with Crippen molar-refractivity contribution >= 4 is 5.91 Å². The van der Waals surface area contributed by atoms with Crippen LogP contribution in [0.2, 0.25) is 0 Å². The van der Waals surface area contributed by atoms with E-state index >= 15 is 0 Å². The van der Waals surface area contributed by atoms with Gasteiger partial charge in [0.2, 0.25) is 0 Å². The molecule has 25 heavy (non-hydrogen) atoms. The molecule has 134 valence electrons. The molecule has 1 fully saturated rings. The Labute approximate surface area is 150 Å². The molecule has 2 aromatic heterocycles. The minimum atomic E-state index is -0.350. The Morgan fingerprint density at radius 3 is 2.44 bits per heavy atom. The smallest absolute Gasteiger partial charge is 0.251 e. The van der Waals surface area contributed by atoms with Crippen LogP contribution in [0.5, 0.6) is 0 Å². The van der Waals surface area contributed by atoms with Crippen LogP contribution in [-0.2, 0) is 6.42 Å². The first kappa shape index (κ1) is 17.7. The van der Waals surface area contributed by atoms with E-state index in [-0.39, 0.29) is 5.91 Å². The van der Waals surface area contributed by atoms with Gasteiger partial charge in [-0.05, 0) is 38.3 Å². The first-order valence-electron chi connectivity index (χ1n) is 9.60. The second-order valence-corrected chi connectivity index (χ2v) is 7.08. The molecule has 1 aliphatic carbocycles. The van der Waals surface area contributed by atoms with Crippen LogP contribution in [0.25, 0.3) is 11.3 Å². The number of nitrogens with zero attached hydrogens (tertiary/aromatic N) is 2. The summed E-state index contributed by atoms with van der Waals surface area (Å²) >= 11 is 0. The Morgan fingerprint density at radius 2 is 1.88 bits per heavy atom. The second kappa shape index (κ2) is 7.85. The third kappa shape index (κ3) is 3.48. The van der Waals surface area contributed by atoms with Gasteiger partial charge in [-0.15, -0.1) is 0 Å². The van der Waals surface area contributed by atoms with Gasteiger partial charge in [0.15, 0.2) is 0 Å². The molecule has 2 aromatic rings. The van der Waals surface area contributed by atoms with E-state index in [9.17, 15) is 4.79 Å². The highest BCUT2D eigenvalue weighted by atomic mass is 16.1. The van der Waals surface area contributed by atoms with Crippen LogP contribution in [0.1, 0.15) is 79.7 Å². The average Bonchev–Trinajstić information content (AvgIpc) is 2.88. The van der Waals surface area contributed by atoms with Gasteiger partial charge >= 0.3 is 0 Å². The Balaban J connectivity index is 2.17. The van der Waals surface area contributed by atoms with Gasteiger partial charge in [-0.2, -0.15) is 0 Å². The molecular weight excluding hydrogens is 310 g/mol. The first-order valence-corrected chi connectivity index (χ1v) is 9.60. The van der Waals surface area contributed by atoms with Crippen molar-refractivity contribution in [1.29, 1.82) is 0 Å². The molecule has 0 saturated heterocycles. The number of pyridine rings is 1. The third-order valence-corrected chi connectivity index (χ3v) is 5.49. The molecule has 0 bridgehead atoms. The van der Waals surface area contributed by atoms with E-state index < -0.39 is 0 Å². The lowest BCUT2D eigenvalue weighted by Crippen LogP contribution is -2.17. The molecule has 4 heteroatoms. The molecule has 0 spiro atoms. The number of hydrogen-bond donors (Lipinski definition) is 1. The number of hydrogen-bond acceptors (Lipinski definition) is 2. The highest BCUT2D eigenvalue weighted by Crippen LogP contribution is 2.37. The fourth-order valence-corrected chi connectivity index (χ4v) is 4.39. The van der Waals surface area contributed by atoms with Crippen molar-refractivity contribution in [3.05, 3.63) is 41.3 Å². The lowest BCUT2D eigenvalue weighted by Gasteiger charge is -2.25. The Kier molecular flexibility index (Phi) is 5.57. The highest BCUT2D eigenvalue weighted by molar-refractivity contribution is 6.01. The molecule has 1 saturated carbocycles. The molecular formula is C21H29N3O. The molecule has 0 unspecified atom stereocenters. The van der Waals surface area contributed by atoms with Gasteiger partial charge in [-0.25, -0.2) is 0 Å². The largest absolute Gasteiger partial charge is 0.366 e. The van der Waals surface area contributed by atoms with Crippen molar-refractivity contribution in [2.45, 2.75) is 71.3 Å². The summed E-state index contributed by atoms with van der Waals surface area (Å²) in [6, 6.07) is 6.31. The maximum absolute atomic E-state index is 12.3. The summed E-state index contributed by atoms with van der Waals surface area (Å²) in [7, 11) is 0. The van der Waals surface area contributed by atoms with E-state index in [1.807, 2.05) is 25.1 Å². The fourth-order valence-electron chi connectivity index (χ4n) is 4.39. The predicted molar refractivity (Wildman–Crippen MR) is 102 cm³/mol. The second-order valence-electron chi connectivity index (χ2n) is 7.08. The zero-order valence-corrected chi connectivity index (χ0v) is 15.4. The van der Waals surface area contributed by atoms with Crippen molar-refractivity contribution in [2.24, 2.45) is 5.73 Å². The van der Waals surface area contributed by atoms with Gasteiger partial charge in [0.1, 0.15) is 0 Å². The number of rotatable bonds is 4. The van der Waals surface area contributed by atoms with Gasteiger partial charge in [-0.3, -0.25) is 9.78 Å². The van der Waals surface area contributed by atoms with Gasteiger partial charge in [0.25, 0.3) is 5.91 Å². The number of nitrogens with two attached hydrogens (primary N) is 1. The summed E-state index contributed by atoms with van der Waals surface area (Å²) in [5.41, 5.74) is 10.4. The zero-order valence-electron chi connectivity index (χ0n) is 15.4. The maximum atomic E-state index is 12.3. The van der Waals surface area contributed by atoms with E-state index in [4.69, 9.17) is 5.73 Å². The van der Waals surface area contributed by atoms with Crippen LogP contribution in [-0.4, -0.2) is 15.5 Å². The topological polar surface area (TPSA) is 60.9 Å². The summed E-state index contributed by atoms with van der Waals surface area (Å²) < 4.78 is 2.41. The first-order chi connectivity index (χ1) is 12.1. The average molecular weight is 339 g/mol. The lowest BCUT2D eigenvalue weighted by molar-refractivity contribution is 0.1000. The van der Waals surface area contributed by atoms with Crippen molar-refractivity contribution < 1.29 is 4.79 Å². The number of aromatic nitrogens is 2. The Morgan fingerprint density at radius 1 is 1.20 bits per heavy atom. The van der Waals surface area contributed by atoms with Crippen LogP contribution in [0, 0.1) is 6.92 Å². The summed E-state index contributed by atoms with van der Waals surface area (Å²) in [6.45, 7) is 4.20. The van der Waals surface area contributed by atoms with Gasteiger partial charge in [0.05, 0.1) is 11.3 Å². The summed E-state index contributed by atoms with van der Waals surface area (Å²) in [4.78, 5) is 16.8. The molecule has 0 radical (unpaired) electrons. The molecule has 0 aliphatic heterocycles. The highest BCUT2D eigenvalue weighted by Gasteiger charge is 2.28. The van der Waals surface area contributed by atoms with Gasteiger partial charge in [-0.1, -0.05) is 45.1 Å². The van der Waals surface area contributed by atoms with E-state index in [2.05, 4.69) is 16.5 Å². The van der Waals surface area contributed by atoms with Crippen molar-refractivity contribution in [2.75, 3.05) is 0 Å². The predicted octanol–water partition coefficient (Wildman–Crippen LogP) is 4.81. The quantitative estimate of drug-likeness (QED) is 0.869. The summed E-state index contributed by atoms with van der Waals surface area (Å²) in [5, 5.41) is 0. The van der Waals surface area contributed by atoms with Gasteiger partial charge < -0.3 is 10.3 Å². The number of primary amides is 1. The van der Waals surface area contributed by atoms with E-state index in [0.29, 0.717) is 11.6 Å². The van der Waals surface area contributed by atoms with E-state index in [0.717, 1.165) is 23.4 Å². The zero-order chi connectivity index (χ0) is 17.8. The third-order valence-electron chi connectivity index (χ3n) is 5.49. The van der Waals surface area contributed by atoms with Crippen LogP contribution in [0.4, 0.5) is 0 Å². The number of amides is 1. The standard InChI is InChI=1S/C21H29N3O/c1-3-18-20(17-13-9-10-14-23-17)19(21(22)25)15(2)24(18)16-11-7-5-4-6-8-12-16/h9-10,13-14,16H,3-8,11-12H2,1-2H3,(H2,22,25). The van der Waals surface area contributed by atoms with Crippen molar-refractivity contribution in [1.82, 2.24) is 9.55 Å². The normalized spacial score (nSPS) is 16.4. The number of carbonyl (C=O) groups excluding carboxylic acids is 1. The Hall–Kier alpha value is -2.10. The monoisotopic (exact) mass is 339 g/mol. The minimum Gasteiger partial charge on any atom is -0.366 e. The Bertz CT molecular complexity index is 725. The van der Waals surface area contributed by atoms with Crippen molar-refractivity contribution in [3.8, 4) is 11.3 Å². The molecule has 1 amide bonds. The SMILES string of the molecule is CCc1c(-c2ccccn2)c(C(N)=O)c(C)n1C1CCCCCCC1. The van der Waals surface area contributed by atoms with Crippen LogP contribution in [0.15, 0.2) is 24.4 Å². The minimum absolute atomic E-state index is 0.350. The molecule has 4 nitrogen and oxygen atoms in total. The van der Waals surface area contributed by atoms with E-state index in [1.165, 1.54) is 50.6 Å². The number of carbonyl (C=O) groups is 1. The van der Waals surface area contributed by atoms with Gasteiger partial charge in [0, 0.05) is 29.2 Å². The molecule has 2 N–H and O–H groups in total. The molecule has 0 aromatic carbocycles. The molecule has 2 heterocycles. The van der Waals surface area contributed by atoms with E-state index in [1.54, 1.807) is 6.20 Å². The lowest BCUT2D eigenvalue weighted by atomic mass is 9.96. The summed E-state index contributed by atoms with van der Waals surface area (Å²) in [5.74, 6) is -0.350. The molecule has 0 atom stereocenters. The fraction of sp³-hybridized carbons (Fsp3) is 0.524.